The SMILES string of the molecule is C#CCC(C)(C)OCCC(C)(C)Nc1ccc([N+](=O)[O-])cc1[N+](=O)[O-]. The first-order valence-electron chi connectivity index (χ1n) is 7.76. The molecule has 1 aromatic rings. The van der Waals surface area contributed by atoms with Crippen LogP contribution >= 0.6 is 0 Å². The van der Waals surface area contributed by atoms with Gasteiger partial charge in [-0.1, -0.05) is 0 Å². The van der Waals surface area contributed by atoms with Crippen LogP contribution in [0.4, 0.5) is 17.1 Å². The van der Waals surface area contributed by atoms with E-state index in [1.807, 2.05) is 27.7 Å². The smallest absolute Gasteiger partial charge is 0.299 e. The molecular weight excluding hydrogens is 326 g/mol. The quantitative estimate of drug-likeness (QED) is 0.411. The van der Waals surface area contributed by atoms with E-state index in [1.54, 1.807) is 0 Å². The Morgan fingerprint density at radius 3 is 2.36 bits per heavy atom. The number of nitrogens with zero attached hydrogens (tertiary/aromatic N) is 2. The fourth-order valence-corrected chi connectivity index (χ4v) is 2.20. The Kier molecular flexibility index (Phi) is 6.48. The van der Waals surface area contributed by atoms with Crippen molar-refractivity contribution in [3.63, 3.8) is 0 Å². The van der Waals surface area contributed by atoms with Gasteiger partial charge in [-0.25, -0.2) is 0 Å². The summed E-state index contributed by atoms with van der Waals surface area (Å²) in [5, 5.41) is 25.1. The van der Waals surface area contributed by atoms with Gasteiger partial charge in [0.2, 0.25) is 0 Å². The largest absolute Gasteiger partial charge is 0.375 e. The number of rotatable bonds is 9. The van der Waals surface area contributed by atoms with E-state index in [9.17, 15) is 20.2 Å². The fraction of sp³-hybridized carbons (Fsp3) is 0.529. The highest BCUT2D eigenvalue weighted by Gasteiger charge is 2.26. The zero-order valence-electron chi connectivity index (χ0n) is 14.9. The number of benzene rings is 1. The molecule has 0 amide bonds. The van der Waals surface area contributed by atoms with Crippen LogP contribution in [0.3, 0.4) is 0 Å². The third kappa shape index (κ3) is 6.39. The number of terminal acetylenes is 1. The molecule has 0 aliphatic carbocycles. The summed E-state index contributed by atoms with van der Waals surface area (Å²) in [5.74, 6) is 2.56. The summed E-state index contributed by atoms with van der Waals surface area (Å²) in [7, 11) is 0. The Bertz CT molecular complexity index is 692. The molecule has 0 atom stereocenters. The van der Waals surface area contributed by atoms with Crippen molar-refractivity contribution in [1.82, 2.24) is 0 Å². The predicted octanol–water partition coefficient (Wildman–Crippen LogP) is 3.90. The molecule has 1 aromatic carbocycles. The average Bonchev–Trinajstić information content (AvgIpc) is 2.45. The van der Waals surface area contributed by atoms with Crippen LogP contribution in [0.1, 0.15) is 40.5 Å². The molecule has 0 heterocycles. The highest BCUT2D eigenvalue weighted by Crippen LogP contribution is 2.32. The van der Waals surface area contributed by atoms with Gasteiger partial charge in [0, 0.05) is 24.6 Å². The summed E-state index contributed by atoms with van der Waals surface area (Å²) in [4.78, 5) is 20.7. The van der Waals surface area contributed by atoms with Gasteiger partial charge < -0.3 is 10.1 Å². The monoisotopic (exact) mass is 349 g/mol. The third-order valence-electron chi connectivity index (χ3n) is 3.61. The summed E-state index contributed by atoms with van der Waals surface area (Å²) in [6.45, 7) is 7.95. The summed E-state index contributed by atoms with van der Waals surface area (Å²) in [5.41, 5.74) is -1.40. The van der Waals surface area contributed by atoms with Crippen molar-refractivity contribution in [3.8, 4) is 12.3 Å². The maximum atomic E-state index is 11.2. The van der Waals surface area contributed by atoms with Crippen molar-refractivity contribution < 1.29 is 14.6 Å². The first kappa shape index (κ1) is 20.4. The molecule has 0 saturated heterocycles. The number of anilines is 1. The van der Waals surface area contributed by atoms with Crippen molar-refractivity contribution in [2.45, 2.75) is 51.7 Å². The normalized spacial score (nSPS) is 11.6. The number of nitro benzene ring substituents is 2. The van der Waals surface area contributed by atoms with Gasteiger partial charge in [-0.2, -0.15) is 0 Å². The summed E-state index contributed by atoms with van der Waals surface area (Å²) in [6.07, 6.45) is 6.34. The van der Waals surface area contributed by atoms with Gasteiger partial charge >= 0.3 is 0 Å². The van der Waals surface area contributed by atoms with E-state index in [0.717, 1.165) is 6.07 Å². The maximum Gasteiger partial charge on any atom is 0.299 e. The van der Waals surface area contributed by atoms with Crippen LogP contribution in [0.15, 0.2) is 18.2 Å². The minimum Gasteiger partial charge on any atom is -0.375 e. The molecular formula is C17H23N3O5. The van der Waals surface area contributed by atoms with Gasteiger partial charge in [-0.15, -0.1) is 12.3 Å². The van der Waals surface area contributed by atoms with E-state index in [1.165, 1.54) is 12.1 Å². The minimum atomic E-state index is -0.663. The third-order valence-corrected chi connectivity index (χ3v) is 3.61. The molecule has 25 heavy (non-hydrogen) atoms. The standard InChI is InChI=1S/C17H23N3O5/c1-6-9-17(4,5)25-11-10-16(2,3)18-14-8-7-13(19(21)22)12-15(14)20(23)24/h1,7-8,12,18H,9-11H2,2-5H3. The van der Waals surface area contributed by atoms with Crippen molar-refractivity contribution in [3.05, 3.63) is 38.4 Å². The van der Waals surface area contributed by atoms with E-state index in [4.69, 9.17) is 11.2 Å². The molecule has 0 unspecified atom stereocenters. The Hall–Kier alpha value is -2.66. The number of hydrogen-bond acceptors (Lipinski definition) is 6. The lowest BCUT2D eigenvalue weighted by molar-refractivity contribution is -0.393. The van der Waals surface area contributed by atoms with Crippen LogP contribution in [0.25, 0.3) is 0 Å². The molecule has 1 N–H and O–H groups in total. The summed E-state index contributed by atoms with van der Waals surface area (Å²) < 4.78 is 5.77. The minimum absolute atomic E-state index is 0.225. The maximum absolute atomic E-state index is 11.2. The molecule has 0 aliphatic rings. The summed E-state index contributed by atoms with van der Waals surface area (Å²) >= 11 is 0. The van der Waals surface area contributed by atoms with E-state index in [2.05, 4.69) is 11.2 Å². The molecule has 0 radical (unpaired) electrons. The molecule has 136 valence electrons. The second-order valence-corrected chi connectivity index (χ2v) is 6.96. The number of nitrogens with one attached hydrogen (secondary N) is 1. The van der Waals surface area contributed by atoms with E-state index in [0.29, 0.717) is 19.4 Å². The Balaban J connectivity index is 2.84. The van der Waals surface area contributed by atoms with Crippen LogP contribution in [-0.2, 0) is 4.74 Å². The lowest BCUT2D eigenvalue weighted by Gasteiger charge is -2.30. The van der Waals surface area contributed by atoms with Crippen LogP contribution < -0.4 is 5.32 Å². The molecule has 0 bridgehead atoms. The Morgan fingerprint density at radius 2 is 1.84 bits per heavy atom. The number of ether oxygens (including phenoxy) is 1. The zero-order valence-corrected chi connectivity index (χ0v) is 14.9. The Labute approximate surface area is 146 Å². The van der Waals surface area contributed by atoms with Crippen molar-refractivity contribution >= 4 is 17.1 Å². The average molecular weight is 349 g/mol. The fourth-order valence-electron chi connectivity index (χ4n) is 2.20. The van der Waals surface area contributed by atoms with E-state index in [-0.39, 0.29) is 17.1 Å². The van der Waals surface area contributed by atoms with E-state index < -0.39 is 21.0 Å². The topological polar surface area (TPSA) is 108 Å². The van der Waals surface area contributed by atoms with Crippen LogP contribution in [0.2, 0.25) is 0 Å². The van der Waals surface area contributed by atoms with Gasteiger partial charge in [0.1, 0.15) is 5.69 Å². The number of hydrogen-bond donors (Lipinski definition) is 1. The molecule has 8 nitrogen and oxygen atoms in total. The van der Waals surface area contributed by atoms with E-state index >= 15 is 0 Å². The molecule has 0 aliphatic heterocycles. The molecule has 0 saturated carbocycles. The molecule has 0 fully saturated rings. The predicted molar refractivity (Wildman–Crippen MR) is 95.6 cm³/mol. The zero-order chi connectivity index (χ0) is 19.3. The van der Waals surface area contributed by atoms with Crippen LogP contribution in [0.5, 0.6) is 0 Å². The van der Waals surface area contributed by atoms with Crippen molar-refractivity contribution in [2.24, 2.45) is 0 Å². The van der Waals surface area contributed by atoms with Crippen LogP contribution in [0, 0.1) is 32.6 Å². The lowest BCUT2D eigenvalue weighted by Crippen LogP contribution is -2.34. The Morgan fingerprint density at radius 1 is 1.20 bits per heavy atom. The van der Waals surface area contributed by atoms with Gasteiger partial charge in [0.05, 0.1) is 21.5 Å². The molecule has 0 aromatic heterocycles. The summed E-state index contributed by atoms with van der Waals surface area (Å²) in [6, 6.07) is 3.53. The highest BCUT2D eigenvalue weighted by molar-refractivity contribution is 5.66. The van der Waals surface area contributed by atoms with Crippen molar-refractivity contribution in [1.29, 1.82) is 0 Å². The molecule has 8 heteroatoms. The molecule has 0 spiro atoms. The first-order chi connectivity index (χ1) is 11.5. The number of nitro groups is 2. The van der Waals surface area contributed by atoms with Gasteiger partial charge in [-0.05, 0) is 40.2 Å². The highest BCUT2D eigenvalue weighted by atomic mass is 16.6. The van der Waals surface area contributed by atoms with Gasteiger partial charge in [0.25, 0.3) is 11.4 Å². The van der Waals surface area contributed by atoms with Gasteiger partial charge in [-0.3, -0.25) is 20.2 Å². The molecule has 1 rings (SSSR count). The second-order valence-electron chi connectivity index (χ2n) is 6.96. The van der Waals surface area contributed by atoms with Crippen LogP contribution in [-0.4, -0.2) is 27.6 Å². The van der Waals surface area contributed by atoms with Crippen molar-refractivity contribution in [2.75, 3.05) is 11.9 Å². The first-order valence-corrected chi connectivity index (χ1v) is 7.76. The second kappa shape index (κ2) is 7.94. The van der Waals surface area contributed by atoms with Gasteiger partial charge in [0.15, 0.2) is 0 Å². The number of non-ortho nitro benzene ring substituents is 1. The lowest BCUT2D eigenvalue weighted by atomic mass is 9.99.